The maximum Gasteiger partial charge on any atom is 0.325 e. The number of hydrogen-bond donors (Lipinski definition) is 2. The van der Waals surface area contributed by atoms with Crippen LogP contribution in [0.1, 0.15) is 36.7 Å². The fourth-order valence-electron chi connectivity index (χ4n) is 2.67. The fourth-order valence-corrected chi connectivity index (χ4v) is 2.67. The number of carbonyl (C=O) groups is 3. The van der Waals surface area contributed by atoms with Gasteiger partial charge in [0.1, 0.15) is 12.1 Å². The number of nitrogens with zero attached hydrogens (tertiary/aromatic N) is 1. The van der Waals surface area contributed by atoms with Crippen molar-refractivity contribution in [2.24, 2.45) is 5.92 Å². The summed E-state index contributed by atoms with van der Waals surface area (Å²) < 4.78 is 0. The van der Waals surface area contributed by atoms with Crippen LogP contribution < -0.4 is 5.32 Å². The molecule has 22 heavy (non-hydrogen) atoms. The third kappa shape index (κ3) is 2.95. The second-order valence-electron chi connectivity index (χ2n) is 5.85. The van der Waals surface area contributed by atoms with Gasteiger partial charge in [0, 0.05) is 12.1 Å². The third-order valence-electron chi connectivity index (χ3n) is 3.81. The molecule has 0 fully saturated rings. The SMILES string of the molecule is CC(NC(=O)C(C(C)C)N1Cc2ccccc2C1=O)C(=O)O. The Morgan fingerprint density at radius 2 is 1.86 bits per heavy atom. The van der Waals surface area contributed by atoms with Crippen LogP contribution in [-0.2, 0) is 16.1 Å². The second-order valence-corrected chi connectivity index (χ2v) is 5.85. The van der Waals surface area contributed by atoms with Gasteiger partial charge in [0.2, 0.25) is 5.91 Å². The summed E-state index contributed by atoms with van der Waals surface area (Å²) in [6, 6.07) is 5.56. The number of carboxylic acids is 1. The van der Waals surface area contributed by atoms with Gasteiger partial charge in [-0.15, -0.1) is 0 Å². The van der Waals surface area contributed by atoms with Crippen molar-refractivity contribution in [1.29, 1.82) is 0 Å². The van der Waals surface area contributed by atoms with Crippen LogP contribution in [0.15, 0.2) is 24.3 Å². The largest absolute Gasteiger partial charge is 0.480 e. The van der Waals surface area contributed by atoms with E-state index in [1.54, 1.807) is 12.1 Å². The topological polar surface area (TPSA) is 86.7 Å². The van der Waals surface area contributed by atoms with E-state index in [1.807, 2.05) is 26.0 Å². The monoisotopic (exact) mass is 304 g/mol. The first-order valence-electron chi connectivity index (χ1n) is 7.25. The molecule has 2 amide bonds. The number of hydrogen-bond acceptors (Lipinski definition) is 3. The van der Waals surface area contributed by atoms with Crippen LogP contribution in [0.25, 0.3) is 0 Å². The number of rotatable bonds is 5. The molecular formula is C16H20N2O4. The van der Waals surface area contributed by atoms with Crippen LogP contribution in [0, 0.1) is 5.92 Å². The smallest absolute Gasteiger partial charge is 0.325 e. The molecule has 1 heterocycles. The highest BCUT2D eigenvalue weighted by atomic mass is 16.4. The van der Waals surface area contributed by atoms with Gasteiger partial charge in [-0.3, -0.25) is 14.4 Å². The van der Waals surface area contributed by atoms with E-state index in [0.717, 1.165) is 5.56 Å². The average molecular weight is 304 g/mol. The highest BCUT2D eigenvalue weighted by molar-refractivity contribution is 6.01. The summed E-state index contributed by atoms with van der Waals surface area (Å²) in [7, 11) is 0. The first-order chi connectivity index (χ1) is 10.3. The Labute approximate surface area is 129 Å². The number of nitrogens with one attached hydrogen (secondary N) is 1. The summed E-state index contributed by atoms with van der Waals surface area (Å²) in [5, 5.41) is 11.4. The lowest BCUT2D eigenvalue weighted by Gasteiger charge is -2.30. The third-order valence-corrected chi connectivity index (χ3v) is 3.81. The number of benzene rings is 1. The first kappa shape index (κ1) is 16.0. The summed E-state index contributed by atoms with van der Waals surface area (Å²) in [6.45, 7) is 5.45. The molecule has 1 aliphatic heterocycles. The van der Waals surface area contributed by atoms with E-state index in [4.69, 9.17) is 5.11 Å². The number of fused-ring (bicyclic) bond motifs is 1. The van der Waals surface area contributed by atoms with E-state index < -0.39 is 24.0 Å². The van der Waals surface area contributed by atoms with Gasteiger partial charge in [-0.05, 0) is 24.5 Å². The number of aliphatic carboxylic acids is 1. The standard InChI is InChI=1S/C16H20N2O4/c1-9(2)13(14(19)17-10(3)16(21)22)18-8-11-6-4-5-7-12(11)15(18)20/h4-7,9-10,13H,8H2,1-3H3,(H,17,19)(H,21,22). The van der Waals surface area contributed by atoms with Crippen molar-refractivity contribution < 1.29 is 19.5 Å². The number of carboxylic acid groups (broad SMARTS) is 1. The van der Waals surface area contributed by atoms with Crippen molar-refractivity contribution in [3.8, 4) is 0 Å². The minimum absolute atomic E-state index is 0.126. The molecule has 0 radical (unpaired) electrons. The van der Waals surface area contributed by atoms with Gasteiger partial charge in [-0.2, -0.15) is 0 Å². The van der Waals surface area contributed by atoms with E-state index in [1.165, 1.54) is 11.8 Å². The minimum Gasteiger partial charge on any atom is -0.480 e. The summed E-state index contributed by atoms with van der Waals surface area (Å²) in [5.41, 5.74) is 1.49. The molecule has 1 aromatic rings. The zero-order valence-corrected chi connectivity index (χ0v) is 12.9. The van der Waals surface area contributed by atoms with Gasteiger partial charge >= 0.3 is 5.97 Å². The van der Waals surface area contributed by atoms with Crippen LogP contribution in [-0.4, -0.2) is 39.9 Å². The molecule has 6 nitrogen and oxygen atoms in total. The normalized spacial score (nSPS) is 16.4. The molecule has 1 aromatic carbocycles. The molecule has 2 unspecified atom stereocenters. The highest BCUT2D eigenvalue weighted by Gasteiger charge is 2.38. The van der Waals surface area contributed by atoms with Crippen molar-refractivity contribution >= 4 is 17.8 Å². The van der Waals surface area contributed by atoms with Crippen LogP contribution in [0.3, 0.4) is 0 Å². The van der Waals surface area contributed by atoms with Gasteiger partial charge < -0.3 is 15.3 Å². The molecule has 118 valence electrons. The lowest BCUT2D eigenvalue weighted by molar-refractivity contribution is -0.142. The van der Waals surface area contributed by atoms with E-state index in [0.29, 0.717) is 12.1 Å². The van der Waals surface area contributed by atoms with E-state index in [2.05, 4.69) is 5.32 Å². The van der Waals surface area contributed by atoms with Gasteiger partial charge in [0.15, 0.2) is 0 Å². The summed E-state index contributed by atoms with van der Waals surface area (Å²) in [6.07, 6.45) is 0. The fraction of sp³-hybridized carbons (Fsp3) is 0.438. The molecular weight excluding hydrogens is 284 g/mol. The molecule has 2 rings (SSSR count). The lowest BCUT2D eigenvalue weighted by atomic mass is 10.0. The molecule has 2 atom stereocenters. The minimum atomic E-state index is -1.10. The quantitative estimate of drug-likeness (QED) is 0.857. The first-order valence-corrected chi connectivity index (χ1v) is 7.25. The van der Waals surface area contributed by atoms with Gasteiger partial charge in [-0.25, -0.2) is 0 Å². The van der Waals surface area contributed by atoms with Gasteiger partial charge in [-0.1, -0.05) is 32.0 Å². The summed E-state index contributed by atoms with van der Waals surface area (Å²) >= 11 is 0. The molecule has 1 aliphatic rings. The molecule has 0 aliphatic carbocycles. The Bertz CT molecular complexity index is 612. The summed E-state index contributed by atoms with van der Waals surface area (Å²) in [5.74, 6) is -1.86. The van der Waals surface area contributed by atoms with Gasteiger partial charge in [0.05, 0.1) is 0 Å². The molecule has 0 spiro atoms. The maximum atomic E-state index is 12.5. The second kappa shape index (κ2) is 6.17. The zero-order chi connectivity index (χ0) is 16.4. The Balaban J connectivity index is 2.22. The van der Waals surface area contributed by atoms with E-state index in [-0.39, 0.29) is 11.8 Å². The van der Waals surface area contributed by atoms with Crippen molar-refractivity contribution in [3.05, 3.63) is 35.4 Å². The van der Waals surface area contributed by atoms with Crippen LogP contribution in [0.5, 0.6) is 0 Å². The molecule has 2 N–H and O–H groups in total. The van der Waals surface area contributed by atoms with Crippen LogP contribution >= 0.6 is 0 Å². The van der Waals surface area contributed by atoms with E-state index in [9.17, 15) is 14.4 Å². The Kier molecular flexibility index (Phi) is 4.49. The average Bonchev–Trinajstić information content (AvgIpc) is 2.76. The lowest BCUT2D eigenvalue weighted by Crippen LogP contribution is -2.53. The molecule has 0 saturated carbocycles. The molecule has 6 heteroatoms. The zero-order valence-electron chi connectivity index (χ0n) is 12.9. The number of carbonyl (C=O) groups excluding carboxylic acids is 2. The molecule has 0 bridgehead atoms. The van der Waals surface area contributed by atoms with Crippen LogP contribution in [0.4, 0.5) is 0 Å². The van der Waals surface area contributed by atoms with Crippen molar-refractivity contribution in [2.45, 2.75) is 39.4 Å². The Morgan fingerprint density at radius 1 is 1.23 bits per heavy atom. The number of amides is 2. The predicted octanol–water partition coefficient (Wildman–Crippen LogP) is 1.26. The van der Waals surface area contributed by atoms with Gasteiger partial charge in [0.25, 0.3) is 5.91 Å². The summed E-state index contributed by atoms with van der Waals surface area (Å²) in [4.78, 5) is 37.3. The predicted molar refractivity (Wildman–Crippen MR) is 80.2 cm³/mol. The Hall–Kier alpha value is -2.37. The van der Waals surface area contributed by atoms with Crippen LogP contribution in [0.2, 0.25) is 0 Å². The van der Waals surface area contributed by atoms with Crippen molar-refractivity contribution in [3.63, 3.8) is 0 Å². The van der Waals surface area contributed by atoms with Crippen molar-refractivity contribution in [2.75, 3.05) is 0 Å². The van der Waals surface area contributed by atoms with E-state index >= 15 is 0 Å². The molecule has 0 saturated heterocycles. The van der Waals surface area contributed by atoms with Crippen molar-refractivity contribution in [1.82, 2.24) is 10.2 Å². The Morgan fingerprint density at radius 3 is 2.41 bits per heavy atom. The maximum absolute atomic E-state index is 12.5. The highest BCUT2D eigenvalue weighted by Crippen LogP contribution is 2.27. The molecule has 0 aromatic heterocycles.